The Bertz CT molecular complexity index is 2670. The van der Waals surface area contributed by atoms with Crippen molar-refractivity contribution in [3.8, 4) is 11.5 Å². The summed E-state index contributed by atoms with van der Waals surface area (Å²) in [5, 5.41) is 3.56. The molecular weight excluding hydrogens is 637 g/mol. The minimum atomic E-state index is -0.451. The van der Waals surface area contributed by atoms with Gasteiger partial charge in [-0.05, 0) is 76.4 Å². The SMILES string of the molecule is CC1C2C(c3cccc4c3Oc3ccccc3N4c3cccc4ncccc34)=NC(C3C=CC=C4C=CC=CC43)=NC12c1cccc2ccccc12. The molecule has 0 bridgehead atoms. The lowest BCUT2D eigenvalue weighted by atomic mass is 9.78. The number of hydrogen-bond donors (Lipinski definition) is 0. The van der Waals surface area contributed by atoms with Crippen LogP contribution in [0.2, 0.25) is 0 Å². The zero-order valence-electron chi connectivity index (χ0n) is 28.6. The molecule has 0 radical (unpaired) electrons. The first-order chi connectivity index (χ1) is 25.7. The minimum absolute atomic E-state index is 0.0117. The van der Waals surface area contributed by atoms with Crippen LogP contribution in [0.5, 0.6) is 11.5 Å². The molecule has 5 heteroatoms. The normalized spacial score (nSPS) is 24.9. The standard InChI is InChI=1S/C47H34N4O/c1-29-43-44(36-20-10-26-41-45(36)52-42-27-7-6-24-40(42)51(41)39-25-11-23-38-35(39)21-12-28-48-38)49-46(34-19-8-15-30-13-2-4-17-32(30)34)50-47(29,43)37-22-9-16-31-14-3-5-18-33(31)37/h2-29,32,34,43H,1H3. The zero-order chi connectivity index (χ0) is 34.4. The van der Waals surface area contributed by atoms with Gasteiger partial charge in [0.1, 0.15) is 11.4 Å². The van der Waals surface area contributed by atoms with Gasteiger partial charge >= 0.3 is 0 Å². The van der Waals surface area contributed by atoms with Crippen molar-refractivity contribution in [1.29, 1.82) is 0 Å². The Labute approximate surface area is 302 Å². The maximum Gasteiger partial charge on any atom is 0.160 e. The molecule has 1 fully saturated rings. The van der Waals surface area contributed by atoms with Crippen LogP contribution in [0.4, 0.5) is 17.1 Å². The molecule has 6 aromatic rings. The maximum atomic E-state index is 6.98. The topological polar surface area (TPSA) is 50.1 Å². The minimum Gasteiger partial charge on any atom is -0.452 e. The fourth-order valence-electron chi connectivity index (χ4n) is 9.23. The predicted molar refractivity (Wildman–Crippen MR) is 211 cm³/mol. The number of aliphatic imine (C=N–C) groups is 2. The molecule has 3 aliphatic carbocycles. The van der Waals surface area contributed by atoms with E-state index in [1.165, 1.54) is 21.9 Å². The summed E-state index contributed by atoms with van der Waals surface area (Å²) in [4.78, 5) is 18.4. The van der Waals surface area contributed by atoms with Gasteiger partial charge in [0.25, 0.3) is 0 Å². The number of amidine groups is 1. The van der Waals surface area contributed by atoms with Gasteiger partial charge in [-0.2, -0.15) is 0 Å². The fourth-order valence-corrected chi connectivity index (χ4v) is 9.23. The lowest BCUT2D eigenvalue weighted by Crippen LogP contribution is -2.30. The van der Waals surface area contributed by atoms with E-state index in [0.29, 0.717) is 0 Å². The number of allylic oxidation sites excluding steroid dienone is 7. The Morgan fingerprint density at radius 2 is 1.48 bits per heavy atom. The van der Waals surface area contributed by atoms with E-state index in [2.05, 4.69) is 157 Å². The number of benzene rings is 5. The number of rotatable bonds is 4. The zero-order valence-corrected chi connectivity index (χ0v) is 28.6. The molecule has 2 aliphatic heterocycles. The lowest BCUT2D eigenvalue weighted by Gasteiger charge is -2.35. The number of nitrogens with zero attached hydrogens (tertiary/aromatic N) is 4. The summed E-state index contributed by atoms with van der Waals surface area (Å²) in [5.74, 6) is 2.99. The van der Waals surface area contributed by atoms with Gasteiger partial charge in [0.2, 0.25) is 0 Å². The highest BCUT2D eigenvalue weighted by atomic mass is 16.5. The van der Waals surface area contributed by atoms with Gasteiger partial charge in [-0.25, -0.2) is 4.99 Å². The van der Waals surface area contributed by atoms with Crippen molar-refractivity contribution in [2.45, 2.75) is 12.5 Å². The van der Waals surface area contributed by atoms with E-state index < -0.39 is 5.54 Å². The van der Waals surface area contributed by atoms with Crippen LogP contribution >= 0.6 is 0 Å². The molecule has 248 valence electrons. The highest BCUT2D eigenvalue weighted by Gasteiger charge is 2.68. The molecule has 0 saturated heterocycles. The molecule has 5 aromatic carbocycles. The summed E-state index contributed by atoms with van der Waals surface area (Å²) >= 11 is 0. The van der Waals surface area contributed by atoms with Crippen molar-refractivity contribution in [3.05, 3.63) is 181 Å². The summed E-state index contributed by atoms with van der Waals surface area (Å²) in [6.07, 6.45) is 17.3. The molecule has 0 amide bonds. The number of hydrogen-bond acceptors (Lipinski definition) is 5. The molecule has 5 atom stereocenters. The molecular formula is C47H34N4O. The lowest BCUT2D eigenvalue weighted by molar-refractivity contribution is 0.475. The van der Waals surface area contributed by atoms with Crippen LogP contribution in [0.3, 0.4) is 0 Å². The number of aromatic nitrogens is 1. The van der Waals surface area contributed by atoms with Crippen LogP contribution in [0.15, 0.2) is 180 Å². The first-order valence-electron chi connectivity index (χ1n) is 18.1. The van der Waals surface area contributed by atoms with Crippen molar-refractivity contribution in [2.75, 3.05) is 4.90 Å². The number of ether oxygens (including phenoxy) is 1. The largest absolute Gasteiger partial charge is 0.452 e. The smallest absolute Gasteiger partial charge is 0.160 e. The predicted octanol–water partition coefficient (Wildman–Crippen LogP) is 11.2. The average molecular weight is 671 g/mol. The van der Waals surface area contributed by atoms with Crippen molar-refractivity contribution in [2.24, 2.45) is 33.7 Å². The van der Waals surface area contributed by atoms with Crippen LogP contribution in [-0.4, -0.2) is 16.5 Å². The van der Waals surface area contributed by atoms with E-state index in [-0.39, 0.29) is 23.7 Å². The molecule has 52 heavy (non-hydrogen) atoms. The molecule has 1 saturated carbocycles. The van der Waals surface area contributed by atoms with E-state index in [4.69, 9.17) is 19.7 Å². The molecule has 0 N–H and O–H groups in total. The third-order valence-electron chi connectivity index (χ3n) is 11.7. The van der Waals surface area contributed by atoms with Crippen molar-refractivity contribution in [1.82, 2.24) is 4.98 Å². The van der Waals surface area contributed by atoms with Crippen LogP contribution in [-0.2, 0) is 5.54 Å². The van der Waals surface area contributed by atoms with Crippen molar-refractivity contribution in [3.63, 3.8) is 0 Å². The summed E-state index contributed by atoms with van der Waals surface area (Å²) < 4.78 is 6.98. The van der Waals surface area contributed by atoms with Crippen LogP contribution in [0, 0.1) is 23.7 Å². The Morgan fingerprint density at radius 1 is 0.692 bits per heavy atom. The monoisotopic (exact) mass is 670 g/mol. The Hall–Kier alpha value is -6.33. The summed E-state index contributed by atoms with van der Waals surface area (Å²) in [5.41, 5.74) is 8.13. The summed E-state index contributed by atoms with van der Waals surface area (Å²) in [6.45, 7) is 2.35. The van der Waals surface area contributed by atoms with Crippen molar-refractivity contribution >= 4 is 50.3 Å². The van der Waals surface area contributed by atoms with Gasteiger partial charge in [0.05, 0.1) is 28.3 Å². The van der Waals surface area contributed by atoms with E-state index in [1.54, 1.807) is 0 Å². The van der Waals surface area contributed by atoms with E-state index in [9.17, 15) is 0 Å². The summed E-state index contributed by atoms with van der Waals surface area (Å²) in [7, 11) is 0. The highest BCUT2D eigenvalue weighted by Crippen LogP contribution is 2.66. The second-order valence-electron chi connectivity index (χ2n) is 14.3. The summed E-state index contributed by atoms with van der Waals surface area (Å²) in [6, 6.07) is 40.7. The molecule has 5 aliphatic rings. The van der Waals surface area contributed by atoms with Gasteiger partial charge in [0, 0.05) is 34.9 Å². The fraction of sp³-hybridized carbons (Fsp3) is 0.128. The van der Waals surface area contributed by atoms with Crippen LogP contribution in [0.1, 0.15) is 18.1 Å². The Morgan fingerprint density at radius 3 is 2.46 bits per heavy atom. The Kier molecular flexibility index (Phi) is 6.27. The van der Waals surface area contributed by atoms with Crippen LogP contribution < -0.4 is 9.64 Å². The first kappa shape index (κ1) is 29.4. The highest BCUT2D eigenvalue weighted by molar-refractivity contribution is 6.17. The molecule has 11 rings (SSSR count). The molecule has 5 unspecified atom stereocenters. The number of pyridine rings is 1. The van der Waals surface area contributed by atoms with E-state index >= 15 is 0 Å². The van der Waals surface area contributed by atoms with Crippen molar-refractivity contribution < 1.29 is 4.74 Å². The molecule has 3 heterocycles. The van der Waals surface area contributed by atoms with E-state index in [1.807, 2.05) is 18.3 Å². The number of fused-ring (bicyclic) bond motifs is 6. The van der Waals surface area contributed by atoms with Gasteiger partial charge in [0.15, 0.2) is 11.5 Å². The second-order valence-corrected chi connectivity index (χ2v) is 14.3. The van der Waals surface area contributed by atoms with Gasteiger partial charge in [-0.3, -0.25) is 9.98 Å². The van der Waals surface area contributed by atoms with Gasteiger partial charge in [-0.1, -0.05) is 116 Å². The number of anilines is 3. The number of para-hydroxylation sites is 3. The third-order valence-corrected chi connectivity index (χ3v) is 11.7. The molecule has 1 aromatic heterocycles. The Balaban J connectivity index is 1.14. The maximum absolute atomic E-state index is 6.98. The second kappa shape index (κ2) is 11.1. The molecule has 5 nitrogen and oxygen atoms in total. The van der Waals surface area contributed by atoms with Crippen LogP contribution in [0.25, 0.3) is 21.7 Å². The average Bonchev–Trinajstić information content (AvgIpc) is 3.82. The third kappa shape index (κ3) is 4.13. The van der Waals surface area contributed by atoms with Gasteiger partial charge < -0.3 is 9.64 Å². The first-order valence-corrected chi connectivity index (χ1v) is 18.1. The quantitative estimate of drug-likeness (QED) is 0.187. The van der Waals surface area contributed by atoms with E-state index in [0.717, 1.165) is 56.6 Å². The van der Waals surface area contributed by atoms with Gasteiger partial charge in [-0.15, -0.1) is 0 Å². The molecule has 0 spiro atoms.